The molecule has 1 amide bonds. The molecule has 29 heavy (non-hydrogen) atoms. The van der Waals surface area contributed by atoms with Crippen LogP contribution in [0.1, 0.15) is 11.3 Å². The number of methoxy groups -OCH3 is 1. The highest BCUT2D eigenvalue weighted by Gasteiger charge is 2.53. The van der Waals surface area contributed by atoms with Crippen molar-refractivity contribution in [3.05, 3.63) is 11.1 Å². The van der Waals surface area contributed by atoms with Crippen LogP contribution < -0.4 is 5.73 Å². The van der Waals surface area contributed by atoms with Crippen molar-refractivity contribution in [2.75, 3.05) is 31.5 Å². The summed E-state index contributed by atoms with van der Waals surface area (Å²) in [5.41, 5.74) is 5.45. The fourth-order valence-corrected chi connectivity index (χ4v) is 5.33. The van der Waals surface area contributed by atoms with Crippen LogP contribution in [0.3, 0.4) is 0 Å². The minimum absolute atomic E-state index is 0.0111. The van der Waals surface area contributed by atoms with Crippen LogP contribution in [0.25, 0.3) is 0 Å². The standard InChI is InChI=1S/C14H18N4O8S3/c1-25-11(20)6-27-5-8-7(13(21)18(8)29(22,23)24)3-9(19)12(17-26-2)10-4-16-14(15)28-10/h4,7-8H,3,5-6H2,1-2H3,(H2,15,16)(H,22,23,24)/b17-12+/t7-,8-/m0/s1. The van der Waals surface area contributed by atoms with Crippen molar-refractivity contribution >= 4 is 61.9 Å². The summed E-state index contributed by atoms with van der Waals surface area (Å²) >= 11 is 2.00. The first-order chi connectivity index (χ1) is 13.6. The highest BCUT2D eigenvalue weighted by Crippen LogP contribution is 2.35. The Morgan fingerprint density at radius 3 is 2.66 bits per heavy atom. The number of carbonyl (C=O) groups excluding carboxylic acids is 3. The second-order valence-corrected chi connectivity index (χ2v) is 9.07. The number of hydrogen-bond acceptors (Lipinski definition) is 12. The van der Waals surface area contributed by atoms with Crippen molar-refractivity contribution in [2.45, 2.75) is 12.5 Å². The number of oxime groups is 1. The maximum absolute atomic E-state index is 12.7. The molecule has 2 heterocycles. The summed E-state index contributed by atoms with van der Waals surface area (Å²) in [7, 11) is -2.37. The maximum atomic E-state index is 12.7. The van der Waals surface area contributed by atoms with Crippen LogP contribution in [-0.4, -0.2) is 77.4 Å². The molecule has 15 heteroatoms. The van der Waals surface area contributed by atoms with E-state index >= 15 is 0 Å². The first-order valence-corrected chi connectivity index (χ1v) is 11.3. The van der Waals surface area contributed by atoms with Gasteiger partial charge >= 0.3 is 16.3 Å². The smallest absolute Gasteiger partial charge is 0.362 e. The van der Waals surface area contributed by atoms with Crippen molar-refractivity contribution in [3.63, 3.8) is 0 Å². The third-order valence-corrected chi connectivity index (χ3v) is 6.69. The zero-order valence-corrected chi connectivity index (χ0v) is 17.8. The molecule has 1 aromatic heterocycles. The Kier molecular flexibility index (Phi) is 7.56. The number of amides is 1. The van der Waals surface area contributed by atoms with Crippen LogP contribution in [0, 0.1) is 5.92 Å². The monoisotopic (exact) mass is 466 g/mol. The predicted octanol–water partition coefficient (Wildman–Crippen LogP) is -0.429. The molecule has 0 saturated carbocycles. The number of thioether (sulfide) groups is 1. The molecule has 0 spiro atoms. The topological polar surface area (TPSA) is 179 Å². The molecule has 0 aromatic carbocycles. The van der Waals surface area contributed by atoms with Gasteiger partial charge in [-0.15, -0.1) is 11.8 Å². The first-order valence-electron chi connectivity index (χ1n) is 7.91. The van der Waals surface area contributed by atoms with Crippen LogP contribution in [0.4, 0.5) is 5.13 Å². The largest absolute Gasteiger partial charge is 0.468 e. The molecule has 0 bridgehead atoms. The molecule has 1 aliphatic rings. The Balaban J connectivity index is 2.16. The summed E-state index contributed by atoms with van der Waals surface area (Å²) in [6.07, 6.45) is 0.945. The average Bonchev–Trinajstić information content (AvgIpc) is 3.07. The highest BCUT2D eigenvalue weighted by molar-refractivity contribution is 8.00. The van der Waals surface area contributed by atoms with E-state index in [1.165, 1.54) is 20.4 Å². The van der Waals surface area contributed by atoms with Gasteiger partial charge in [-0.2, -0.15) is 8.42 Å². The van der Waals surface area contributed by atoms with E-state index in [1.807, 2.05) is 0 Å². The molecule has 12 nitrogen and oxygen atoms in total. The van der Waals surface area contributed by atoms with Gasteiger partial charge in [-0.05, 0) is 0 Å². The second-order valence-electron chi connectivity index (χ2n) is 5.69. The summed E-state index contributed by atoms with van der Waals surface area (Å²) in [6, 6.07) is -1.01. The maximum Gasteiger partial charge on any atom is 0.362 e. The number of ether oxygens (including phenoxy) is 1. The molecule has 0 radical (unpaired) electrons. The van der Waals surface area contributed by atoms with Gasteiger partial charge in [0.1, 0.15) is 7.11 Å². The van der Waals surface area contributed by atoms with Gasteiger partial charge in [0.2, 0.25) is 5.91 Å². The van der Waals surface area contributed by atoms with E-state index in [0.717, 1.165) is 23.1 Å². The molecule has 1 aromatic rings. The number of thiazole rings is 1. The minimum atomic E-state index is -4.81. The lowest BCUT2D eigenvalue weighted by atomic mass is 9.86. The van der Waals surface area contributed by atoms with Crippen molar-refractivity contribution in [1.29, 1.82) is 0 Å². The molecule has 2 atom stereocenters. The summed E-state index contributed by atoms with van der Waals surface area (Å²) in [5, 5.41) is 3.86. The van der Waals surface area contributed by atoms with Crippen LogP contribution >= 0.6 is 23.1 Å². The lowest BCUT2D eigenvalue weighted by Crippen LogP contribution is -2.64. The van der Waals surface area contributed by atoms with Gasteiger partial charge < -0.3 is 15.3 Å². The van der Waals surface area contributed by atoms with Gasteiger partial charge in [0.25, 0.3) is 0 Å². The summed E-state index contributed by atoms with van der Waals surface area (Å²) in [4.78, 5) is 45.0. The minimum Gasteiger partial charge on any atom is -0.468 e. The Morgan fingerprint density at radius 1 is 1.45 bits per heavy atom. The number of Topliss-reactive ketones (excluding diaryl/α,β-unsaturated/α-hetero) is 1. The number of aromatic nitrogens is 1. The molecular weight excluding hydrogens is 448 g/mol. The van der Waals surface area contributed by atoms with Crippen molar-refractivity contribution in [2.24, 2.45) is 11.1 Å². The Labute approximate surface area is 174 Å². The fraction of sp³-hybridized carbons (Fsp3) is 0.500. The number of hydrogen-bond donors (Lipinski definition) is 2. The molecule has 160 valence electrons. The summed E-state index contributed by atoms with van der Waals surface area (Å²) in [5.74, 6) is -3.18. The van der Waals surface area contributed by atoms with Crippen LogP contribution in [0.15, 0.2) is 11.4 Å². The van der Waals surface area contributed by atoms with Crippen LogP contribution in [0.2, 0.25) is 0 Å². The number of anilines is 1. The molecule has 1 fully saturated rings. The van der Waals surface area contributed by atoms with E-state index in [-0.39, 0.29) is 28.8 Å². The van der Waals surface area contributed by atoms with E-state index in [4.69, 9.17) is 5.73 Å². The molecule has 0 unspecified atom stereocenters. The van der Waals surface area contributed by atoms with E-state index in [9.17, 15) is 27.4 Å². The summed E-state index contributed by atoms with van der Waals surface area (Å²) in [6.45, 7) is 0. The Bertz CT molecular complexity index is 929. The van der Waals surface area contributed by atoms with Gasteiger partial charge in [0.15, 0.2) is 16.6 Å². The lowest BCUT2D eigenvalue weighted by molar-refractivity contribution is -0.147. The quantitative estimate of drug-likeness (QED) is 0.150. The average molecular weight is 467 g/mol. The van der Waals surface area contributed by atoms with Crippen molar-refractivity contribution < 1.29 is 36.9 Å². The van der Waals surface area contributed by atoms with E-state index < -0.39 is 39.9 Å². The number of β-lactam (4-membered cyclic amide) rings is 1. The van der Waals surface area contributed by atoms with Crippen molar-refractivity contribution in [3.8, 4) is 0 Å². The lowest BCUT2D eigenvalue weighted by Gasteiger charge is -2.43. The number of nitrogens with two attached hydrogens (primary N) is 1. The molecular formula is C14H18N4O8S3. The third kappa shape index (κ3) is 5.43. The molecule has 0 aliphatic carbocycles. The zero-order chi connectivity index (χ0) is 21.8. The van der Waals surface area contributed by atoms with Crippen LogP contribution in [0.5, 0.6) is 0 Å². The SMILES string of the molecule is CO/N=C(\C(=O)C[C@@H]1C(=O)N(S(=O)(=O)O)[C@H]1CSCC(=O)OC)c1cnc(N)s1. The number of rotatable bonds is 10. The first kappa shape index (κ1) is 23.1. The molecule has 1 aliphatic heterocycles. The van der Waals surface area contributed by atoms with E-state index in [1.54, 1.807) is 0 Å². The number of esters is 1. The fourth-order valence-electron chi connectivity index (χ4n) is 2.60. The second kappa shape index (κ2) is 9.51. The van der Waals surface area contributed by atoms with Crippen molar-refractivity contribution in [1.82, 2.24) is 9.29 Å². The van der Waals surface area contributed by atoms with Crippen LogP contribution in [-0.2, 0) is 34.3 Å². The van der Waals surface area contributed by atoms with Gasteiger partial charge in [0.05, 0.1) is 29.7 Å². The molecule has 2 rings (SSSR count). The third-order valence-electron chi connectivity index (χ3n) is 3.89. The molecule has 1 saturated heterocycles. The Morgan fingerprint density at radius 2 is 2.14 bits per heavy atom. The highest BCUT2D eigenvalue weighted by atomic mass is 32.2. The van der Waals surface area contributed by atoms with Gasteiger partial charge in [-0.3, -0.25) is 18.9 Å². The number of nitrogens with zero attached hydrogens (tertiary/aromatic N) is 3. The zero-order valence-electron chi connectivity index (χ0n) is 15.3. The number of ketones is 1. The van der Waals surface area contributed by atoms with E-state index in [2.05, 4.69) is 19.7 Å². The molecule has 3 N–H and O–H groups in total. The normalized spacial score (nSPS) is 19.6. The van der Waals surface area contributed by atoms with Gasteiger partial charge in [-0.1, -0.05) is 16.5 Å². The van der Waals surface area contributed by atoms with E-state index in [0.29, 0.717) is 9.18 Å². The van der Waals surface area contributed by atoms with Gasteiger partial charge in [0, 0.05) is 18.4 Å². The predicted molar refractivity (Wildman–Crippen MR) is 105 cm³/mol. The summed E-state index contributed by atoms with van der Waals surface area (Å²) < 4.78 is 37.1. The number of carbonyl (C=O) groups is 3. The van der Waals surface area contributed by atoms with Gasteiger partial charge in [-0.25, -0.2) is 9.29 Å². The Hall–Kier alpha value is -2.23. The number of nitrogen functional groups attached to an aromatic ring is 1.